The van der Waals surface area contributed by atoms with Crippen molar-refractivity contribution in [3.05, 3.63) is 10.4 Å². The van der Waals surface area contributed by atoms with Gasteiger partial charge in [-0.25, -0.2) is 0 Å². The number of esters is 1. The number of ether oxygens (including phenoxy) is 1. The summed E-state index contributed by atoms with van der Waals surface area (Å²) in [6.45, 7) is 2.08. The van der Waals surface area contributed by atoms with Crippen molar-refractivity contribution in [1.82, 2.24) is 0 Å². The highest BCUT2D eigenvalue weighted by Crippen LogP contribution is 2.32. The highest BCUT2D eigenvalue weighted by Gasteiger charge is 2.65. The number of carbonyl (C=O) groups is 4. The average molecular weight is 347 g/mol. The molecule has 24 heavy (non-hydrogen) atoms. The molecule has 12 heteroatoms. The van der Waals surface area contributed by atoms with Crippen molar-refractivity contribution in [2.75, 3.05) is 0 Å². The molecular formula is C12H17N3O9. The number of ketones is 2. The maximum Gasteiger partial charge on any atom is 0.303 e. The molecule has 0 aliphatic rings. The van der Waals surface area contributed by atoms with Crippen LogP contribution in [0.25, 0.3) is 10.4 Å². The Labute approximate surface area is 135 Å². The van der Waals surface area contributed by atoms with Gasteiger partial charge in [0, 0.05) is 11.8 Å². The molecule has 0 bridgehead atoms. The first kappa shape index (κ1) is 21.6. The quantitative estimate of drug-likeness (QED) is 0.0885. The summed E-state index contributed by atoms with van der Waals surface area (Å²) in [6, 6.07) is 0. The van der Waals surface area contributed by atoms with Crippen LogP contribution in [0.5, 0.6) is 0 Å². The highest BCUT2D eigenvalue weighted by molar-refractivity contribution is 6.08. The van der Waals surface area contributed by atoms with Crippen molar-refractivity contribution in [3.8, 4) is 0 Å². The lowest BCUT2D eigenvalue weighted by molar-refractivity contribution is -0.226. The zero-order valence-electron chi connectivity index (χ0n) is 13.0. The average Bonchev–Trinajstić information content (AvgIpc) is 2.49. The highest BCUT2D eigenvalue weighted by atomic mass is 16.6. The van der Waals surface area contributed by atoms with Crippen LogP contribution in [-0.4, -0.2) is 73.9 Å². The van der Waals surface area contributed by atoms with E-state index in [9.17, 15) is 39.6 Å². The van der Waals surface area contributed by atoms with Crippen LogP contribution in [0.3, 0.4) is 0 Å². The summed E-state index contributed by atoms with van der Waals surface area (Å²) in [5.41, 5.74) is 1.38. The second-order valence-electron chi connectivity index (χ2n) is 4.90. The van der Waals surface area contributed by atoms with Gasteiger partial charge in [0.1, 0.15) is 6.10 Å². The first-order valence-electron chi connectivity index (χ1n) is 6.40. The molecule has 134 valence electrons. The summed E-state index contributed by atoms with van der Waals surface area (Å²) in [4.78, 5) is 48.0. The monoisotopic (exact) mass is 347 g/mol. The zero-order chi connectivity index (χ0) is 19.3. The molecule has 0 heterocycles. The molecule has 0 aliphatic heterocycles. The fraction of sp³-hybridized carbons (Fsp3) is 0.667. The molecule has 0 spiro atoms. The largest absolute Gasteiger partial charge is 0.456 e. The van der Waals surface area contributed by atoms with Crippen molar-refractivity contribution >= 4 is 23.8 Å². The minimum absolute atomic E-state index is 0.472. The number of rotatable bonds is 9. The van der Waals surface area contributed by atoms with Gasteiger partial charge in [0.25, 0.3) is 0 Å². The normalized spacial score (nSPS) is 19.5. The maximum atomic E-state index is 11.9. The molecule has 0 amide bonds. The smallest absolute Gasteiger partial charge is 0.303 e. The number of aliphatic hydroxyl groups is 4. The third kappa shape index (κ3) is 3.75. The van der Waals surface area contributed by atoms with Gasteiger partial charge in [-0.05, 0) is 19.4 Å². The number of azide groups is 1. The summed E-state index contributed by atoms with van der Waals surface area (Å²) >= 11 is 0. The molecule has 0 aromatic rings. The Balaban J connectivity index is 6.48. The van der Waals surface area contributed by atoms with Gasteiger partial charge in [-0.1, -0.05) is 5.11 Å². The molecule has 0 radical (unpaired) electrons. The number of hydrogen-bond acceptors (Lipinski definition) is 10. The van der Waals surface area contributed by atoms with Crippen molar-refractivity contribution in [3.63, 3.8) is 0 Å². The molecule has 0 aromatic carbocycles. The van der Waals surface area contributed by atoms with Crippen LogP contribution >= 0.6 is 0 Å². The zero-order valence-corrected chi connectivity index (χ0v) is 13.0. The molecule has 0 rings (SSSR count). The number of aliphatic hydroxyl groups excluding tert-OH is 2. The molecule has 5 atom stereocenters. The van der Waals surface area contributed by atoms with Crippen molar-refractivity contribution in [2.24, 2.45) is 5.11 Å². The van der Waals surface area contributed by atoms with E-state index in [-0.39, 0.29) is 0 Å². The van der Waals surface area contributed by atoms with E-state index in [1.165, 1.54) is 0 Å². The molecule has 4 N–H and O–H groups in total. The molecule has 0 saturated carbocycles. The summed E-state index contributed by atoms with van der Waals surface area (Å²) in [6.07, 6.45) is -7.77. The van der Waals surface area contributed by atoms with Crippen LogP contribution in [-0.2, 0) is 23.9 Å². The van der Waals surface area contributed by atoms with E-state index in [1.807, 2.05) is 0 Å². The summed E-state index contributed by atoms with van der Waals surface area (Å²) < 4.78 is 4.53. The number of Topliss-reactive ketones (excluding diaryl/α,β-unsaturated/α-hetero) is 2. The van der Waals surface area contributed by atoms with Crippen LogP contribution < -0.4 is 0 Å². The summed E-state index contributed by atoms with van der Waals surface area (Å²) in [5.74, 6) is -4.05. The topological polar surface area (TPSA) is 207 Å². The van der Waals surface area contributed by atoms with Crippen LogP contribution in [0.2, 0.25) is 0 Å². The number of hydrogen-bond donors (Lipinski definition) is 4. The predicted molar refractivity (Wildman–Crippen MR) is 74.0 cm³/mol. The van der Waals surface area contributed by atoms with Crippen molar-refractivity contribution in [2.45, 2.75) is 50.4 Å². The first-order valence-corrected chi connectivity index (χ1v) is 6.40. The standard InChI is InChI=1S/C12H17N3O9/c1-5(17)11(22,4-16)12(23,6(2)18)9(24-7(3)19)8(20)10(21)14-15-13/h4,8-10,20-23H,1-3H3. The predicted octanol–water partition coefficient (Wildman–Crippen LogP) is -2.25. The number of carbonyl (C=O) groups excluding carboxylic acids is 4. The molecule has 0 aliphatic carbocycles. The molecule has 0 fully saturated rings. The lowest BCUT2D eigenvalue weighted by Gasteiger charge is -2.42. The fourth-order valence-electron chi connectivity index (χ4n) is 1.99. The SMILES string of the molecule is CC(=O)OC(C(O)C(O)N=[N+]=[N-])C(O)(C(C)=O)C(O)(C=O)C(C)=O. The molecule has 0 saturated heterocycles. The van der Waals surface area contributed by atoms with Crippen LogP contribution in [0.15, 0.2) is 5.11 Å². The third-order valence-electron chi connectivity index (χ3n) is 3.32. The maximum absolute atomic E-state index is 11.9. The summed E-state index contributed by atoms with van der Waals surface area (Å²) in [7, 11) is 0. The van der Waals surface area contributed by atoms with E-state index in [0.717, 1.165) is 6.92 Å². The Hall–Kier alpha value is -2.37. The molecule has 12 nitrogen and oxygen atoms in total. The third-order valence-corrected chi connectivity index (χ3v) is 3.32. The van der Waals surface area contributed by atoms with Crippen LogP contribution in [0, 0.1) is 0 Å². The van der Waals surface area contributed by atoms with Gasteiger partial charge in [0.05, 0.1) is 0 Å². The Kier molecular flexibility index (Phi) is 7.16. The van der Waals surface area contributed by atoms with E-state index in [0.29, 0.717) is 13.8 Å². The lowest BCUT2D eigenvalue weighted by atomic mass is 9.72. The summed E-state index contributed by atoms with van der Waals surface area (Å²) in [5, 5.41) is 42.8. The van der Waals surface area contributed by atoms with Gasteiger partial charge in [-0.3, -0.25) is 19.2 Å². The Bertz CT molecular complexity index is 588. The van der Waals surface area contributed by atoms with Gasteiger partial charge >= 0.3 is 5.97 Å². The van der Waals surface area contributed by atoms with Crippen molar-refractivity contribution < 1.29 is 44.3 Å². The Morgan fingerprint density at radius 3 is 1.96 bits per heavy atom. The molecule has 0 aromatic heterocycles. The van der Waals surface area contributed by atoms with E-state index in [1.54, 1.807) is 0 Å². The van der Waals surface area contributed by atoms with Gasteiger partial charge in [0.15, 0.2) is 30.2 Å². The Morgan fingerprint density at radius 2 is 1.67 bits per heavy atom. The first-order chi connectivity index (χ1) is 10.9. The van der Waals surface area contributed by atoms with E-state index in [4.69, 9.17) is 5.53 Å². The van der Waals surface area contributed by atoms with E-state index < -0.39 is 53.5 Å². The van der Waals surface area contributed by atoms with E-state index >= 15 is 0 Å². The molecular weight excluding hydrogens is 330 g/mol. The minimum Gasteiger partial charge on any atom is -0.456 e. The molecule has 5 unspecified atom stereocenters. The van der Waals surface area contributed by atoms with E-state index in [2.05, 4.69) is 14.8 Å². The van der Waals surface area contributed by atoms with Crippen molar-refractivity contribution in [1.29, 1.82) is 0 Å². The van der Waals surface area contributed by atoms with Gasteiger partial charge in [-0.2, -0.15) is 0 Å². The lowest BCUT2D eigenvalue weighted by Crippen LogP contribution is -2.73. The second-order valence-corrected chi connectivity index (χ2v) is 4.90. The fourth-order valence-corrected chi connectivity index (χ4v) is 1.99. The van der Waals surface area contributed by atoms with Crippen LogP contribution in [0.4, 0.5) is 0 Å². The van der Waals surface area contributed by atoms with Gasteiger partial charge in [0.2, 0.25) is 11.2 Å². The Morgan fingerprint density at radius 1 is 1.17 bits per heavy atom. The van der Waals surface area contributed by atoms with Gasteiger partial charge in [-0.15, -0.1) is 0 Å². The van der Waals surface area contributed by atoms with Crippen LogP contribution in [0.1, 0.15) is 20.8 Å². The number of nitrogens with zero attached hydrogens (tertiary/aromatic N) is 3. The minimum atomic E-state index is -3.46. The van der Waals surface area contributed by atoms with Gasteiger partial charge < -0.3 is 25.2 Å². The number of aldehydes is 1. The second kappa shape index (κ2) is 7.95.